The van der Waals surface area contributed by atoms with E-state index in [2.05, 4.69) is 74.7 Å². The highest BCUT2D eigenvalue weighted by atomic mass is 32.1. The first-order valence-corrected chi connectivity index (χ1v) is 8.69. The lowest BCUT2D eigenvalue weighted by atomic mass is 9.97. The van der Waals surface area contributed by atoms with Crippen LogP contribution in [0.3, 0.4) is 0 Å². The smallest absolute Gasteiger partial charge is 0.175 e. The summed E-state index contributed by atoms with van der Waals surface area (Å²) in [6.07, 6.45) is 1.11. The molecule has 0 fully saturated rings. The topological polar surface area (TPSA) is 24.1 Å². The fourth-order valence-electron chi connectivity index (χ4n) is 2.65. The summed E-state index contributed by atoms with van der Waals surface area (Å²) in [6, 6.07) is 16.7. The minimum absolute atomic E-state index is 0.453. The van der Waals surface area contributed by atoms with Crippen molar-refractivity contribution >= 4 is 28.7 Å². The van der Waals surface area contributed by atoms with E-state index in [4.69, 9.17) is 12.2 Å². The molecule has 23 heavy (non-hydrogen) atoms. The summed E-state index contributed by atoms with van der Waals surface area (Å²) in [6.45, 7) is 8.83. The maximum Gasteiger partial charge on any atom is 0.175 e. The molecule has 0 aromatic heterocycles. The fourth-order valence-corrected chi connectivity index (χ4v) is 2.87. The molecule has 0 aliphatic rings. The molecule has 0 radical (unpaired) electrons. The molecule has 2 rings (SSSR count). The van der Waals surface area contributed by atoms with Gasteiger partial charge in [0.1, 0.15) is 0 Å². The summed E-state index contributed by atoms with van der Waals surface area (Å²) in [4.78, 5) is 0. The molecule has 0 bridgehead atoms. The number of benzene rings is 2. The van der Waals surface area contributed by atoms with Crippen molar-refractivity contribution in [2.45, 2.75) is 46.0 Å². The van der Waals surface area contributed by atoms with E-state index in [9.17, 15) is 0 Å². The third kappa shape index (κ3) is 4.55. The van der Waals surface area contributed by atoms with Crippen molar-refractivity contribution < 1.29 is 0 Å². The van der Waals surface area contributed by atoms with E-state index in [1.54, 1.807) is 0 Å². The molecule has 0 amide bonds. The standard InChI is InChI=1S/C20H26N2S/c1-5-15(4)17-11-7-9-13-19(17)22-20(23)21-18-12-8-6-10-16(18)14(2)3/h6-15H,5H2,1-4H3,(H2,21,22,23). The number of thiocarbonyl (C=S) groups is 1. The highest BCUT2D eigenvalue weighted by Gasteiger charge is 2.11. The number of hydrogen-bond acceptors (Lipinski definition) is 1. The van der Waals surface area contributed by atoms with E-state index in [1.165, 1.54) is 11.1 Å². The van der Waals surface area contributed by atoms with Crippen LogP contribution in [0.5, 0.6) is 0 Å². The minimum Gasteiger partial charge on any atom is -0.332 e. The van der Waals surface area contributed by atoms with Crippen LogP contribution in [-0.2, 0) is 0 Å². The van der Waals surface area contributed by atoms with Gasteiger partial charge < -0.3 is 10.6 Å². The highest BCUT2D eigenvalue weighted by molar-refractivity contribution is 7.80. The monoisotopic (exact) mass is 326 g/mol. The van der Waals surface area contributed by atoms with Crippen LogP contribution in [-0.4, -0.2) is 5.11 Å². The lowest BCUT2D eigenvalue weighted by Crippen LogP contribution is -2.21. The minimum atomic E-state index is 0.453. The van der Waals surface area contributed by atoms with Crippen molar-refractivity contribution in [3.8, 4) is 0 Å². The molecule has 2 aromatic carbocycles. The van der Waals surface area contributed by atoms with Gasteiger partial charge in [-0.15, -0.1) is 0 Å². The Labute approximate surface area is 145 Å². The second kappa shape index (κ2) is 8.11. The number of anilines is 2. The van der Waals surface area contributed by atoms with E-state index in [1.807, 2.05) is 12.1 Å². The number of para-hydroxylation sites is 2. The van der Waals surface area contributed by atoms with Crippen LogP contribution < -0.4 is 10.6 Å². The average molecular weight is 327 g/mol. The van der Waals surface area contributed by atoms with Gasteiger partial charge in [-0.3, -0.25) is 0 Å². The van der Waals surface area contributed by atoms with E-state index >= 15 is 0 Å². The van der Waals surface area contributed by atoms with Gasteiger partial charge in [0, 0.05) is 11.4 Å². The van der Waals surface area contributed by atoms with Crippen molar-refractivity contribution in [3.63, 3.8) is 0 Å². The Morgan fingerprint density at radius 1 is 0.870 bits per heavy atom. The summed E-state index contributed by atoms with van der Waals surface area (Å²) in [5.41, 5.74) is 4.73. The Morgan fingerprint density at radius 3 is 1.87 bits per heavy atom. The molecule has 0 aliphatic heterocycles. The van der Waals surface area contributed by atoms with Crippen molar-refractivity contribution in [1.82, 2.24) is 0 Å². The van der Waals surface area contributed by atoms with Gasteiger partial charge in [0.15, 0.2) is 5.11 Å². The van der Waals surface area contributed by atoms with Crippen molar-refractivity contribution in [2.75, 3.05) is 10.6 Å². The van der Waals surface area contributed by atoms with Gasteiger partial charge in [0.05, 0.1) is 0 Å². The molecule has 1 atom stereocenters. The van der Waals surface area contributed by atoms with E-state index in [0.29, 0.717) is 16.9 Å². The zero-order valence-electron chi connectivity index (χ0n) is 14.4. The van der Waals surface area contributed by atoms with Gasteiger partial charge in [0.2, 0.25) is 0 Å². The van der Waals surface area contributed by atoms with Crippen molar-refractivity contribution in [2.24, 2.45) is 0 Å². The Morgan fingerprint density at radius 2 is 1.35 bits per heavy atom. The van der Waals surface area contributed by atoms with Crippen LogP contribution in [0.2, 0.25) is 0 Å². The van der Waals surface area contributed by atoms with E-state index in [-0.39, 0.29) is 0 Å². The molecule has 0 heterocycles. The van der Waals surface area contributed by atoms with Crippen LogP contribution in [0.25, 0.3) is 0 Å². The van der Waals surface area contributed by atoms with Gasteiger partial charge in [-0.2, -0.15) is 0 Å². The first-order valence-electron chi connectivity index (χ1n) is 8.28. The number of rotatable bonds is 5. The maximum absolute atomic E-state index is 5.52. The first kappa shape index (κ1) is 17.5. The molecule has 122 valence electrons. The molecule has 0 saturated carbocycles. The van der Waals surface area contributed by atoms with Crippen LogP contribution in [0.15, 0.2) is 48.5 Å². The normalized spacial score (nSPS) is 12.0. The summed E-state index contributed by atoms with van der Waals surface area (Å²) in [5.74, 6) is 0.957. The van der Waals surface area contributed by atoms with Gasteiger partial charge in [-0.1, -0.05) is 64.1 Å². The van der Waals surface area contributed by atoms with E-state index < -0.39 is 0 Å². The predicted molar refractivity (Wildman–Crippen MR) is 106 cm³/mol. The summed E-state index contributed by atoms with van der Waals surface area (Å²) in [5, 5.41) is 7.34. The summed E-state index contributed by atoms with van der Waals surface area (Å²) in [7, 11) is 0. The van der Waals surface area contributed by atoms with Gasteiger partial charge >= 0.3 is 0 Å². The zero-order valence-corrected chi connectivity index (χ0v) is 15.2. The molecule has 3 heteroatoms. The molecular formula is C20H26N2S. The van der Waals surface area contributed by atoms with Crippen molar-refractivity contribution in [1.29, 1.82) is 0 Å². The SMILES string of the molecule is CCC(C)c1ccccc1NC(=S)Nc1ccccc1C(C)C. The fraction of sp³-hybridized carbons (Fsp3) is 0.350. The van der Waals surface area contributed by atoms with Gasteiger partial charge in [-0.05, 0) is 53.7 Å². The van der Waals surface area contributed by atoms with Gasteiger partial charge in [-0.25, -0.2) is 0 Å². The third-order valence-electron chi connectivity index (χ3n) is 4.18. The quantitative estimate of drug-likeness (QED) is 0.646. The maximum atomic E-state index is 5.52. The highest BCUT2D eigenvalue weighted by Crippen LogP contribution is 2.27. The van der Waals surface area contributed by atoms with Crippen LogP contribution in [0.1, 0.15) is 57.1 Å². The predicted octanol–water partition coefficient (Wildman–Crippen LogP) is 6.13. The molecule has 2 N–H and O–H groups in total. The average Bonchev–Trinajstić information content (AvgIpc) is 2.55. The van der Waals surface area contributed by atoms with Crippen molar-refractivity contribution in [3.05, 3.63) is 59.7 Å². The molecular weight excluding hydrogens is 300 g/mol. The van der Waals surface area contributed by atoms with Crippen LogP contribution in [0, 0.1) is 0 Å². The van der Waals surface area contributed by atoms with Crippen LogP contribution in [0.4, 0.5) is 11.4 Å². The largest absolute Gasteiger partial charge is 0.332 e. The zero-order chi connectivity index (χ0) is 16.8. The second-order valence-corrected chi connectivity index (χ2v) is 6.63. The number of nitrogens with one attached hydrogen (secondary N) is 2. The Balaban J connectivity index is 2.15. The molecule has 0 aliphatic carbocycles. The van der Waals surface area contributed by atoms with E-state index in [0.717, 1.165) is 17.8 Å². The Kier molecular flexibility index (Phi) is 6.17. The molecule has 0 saturated heterocycles. The summed E-state index contributed by atoms with van der Waals surface area (Å²) >= 11 is 5.52. The third-order valence-corrected chi connectivity index (χ3v) is 4.39. The Hall–Kier alpha value is -1.87. The molecule has 2 nitrogen and oxygen atoms in total. The van der Waals surface area contributed by atoms with Crippen LogP contribution >= 0.6 is 12.2 Å². The lowest BCUT2D eigenvalue weighted by Gasteiger charge is -2.19. The molecule has 0 spiro atoms. The molecule has 1 unspecified atom stereocenters. The first-order chi connectivity index (χ1) is 11.0. The number of hydrogen-bond donors (Lipinski definition) is 2. The Bertz CT molecular complexity index is 664. The molecule has 2 aromatic rings. The summed E-state index contributed by atoms with van der Waals surface area (Å²) < 4.78 is 0. The van der Waals surface area contributed by atoms with Gasteiger partial charge in [0.25, 0.3) is 0 Å². The second-order valence-electron chi connectivity index (χ2n) is 6.22. The lowest BCUT2D eigenvalue weighted by molar-refractivity contribution is 0.736.